The zero-order valence-electron chi connectivity index (χ0n) is 14.4. The Hall–Kier alpha value is -2.61. The summed E-state index contributed by atoms with van der Waals surface area (Å²) < 4.78 is 24.2. The summed E-state index contributed by atoms with van der Waals surface area (Å²) in [6.45, 7) is 1.89. The number of piperazine rings is 1. The molecule has 1 aromatic carbocycles. The van der Waals surface area contributed by atoms with Crippen LogP contribution in [0.2, 0.25) is 5.02 Å². The number of methoxy groups -OCH3 is 2. The molecule has 9 heteroatoms. The molecule has 1 aromatic heterocycles. The first kappa shape index (κ1) is 18.2. The lowest BCUT2D eigenvalue weighted by molar-refractivity contribution is 0.0742. The highest BCUT2D eigenvalue weighted by molar-refractivity contribution is 6.33. The first-order chi connectivity index (χ1) is 12.5. The van der Waals surface area contributed by atoms with Gasteiger partial charge in [0.05, 0.1) is 24.8 Å². The summed E-state index contributed by atoms with van der Waals surface area (Å²) in [4.78, 5) is 24.5. The number of anilines is 1. The van der Waals surface area contributed by atoms with Crippen molar-refractivity contribution in [1.82, 2.24) is 14.9 Å². The fraction of sp³-hybridized carbons (Fsp3) is 0.353. The van der Waals surface area contributed by atoms with Crippen molar-refractivity contribution < 1.29 is 18.7 Å². The van der Waals surface area contributed by atoms with Crippen LogP contribution in [-0.4, -0.2) is 61.2 Å². The number of benzene rings is 1. The van der Waals surface area contributed by atoms with E-state index in [9.17, 15) is 9.18 Å². The normalized spacial score (nSPS) is 14.3. The molecule has 0 radical (unpaired) electrons. The number of nitrogens with zero attached hydrogens (tertiary/aromatic N) is 4. The van der Waals surface area contributed by atoms with Crippen LogP contribution in [0.15, 0.2) is 24.3 Å². The Bertz CT molecular complexity index is 770. The molecular formula is C17H18ClFN4O3. The lowest BCUT2D eigenvalue weighted by atomic mass is 10.1. The Balaban J connectivity index is 1.72. The number of carbonyl (C=O) groups is 1. The van der Waals surface area contributed by atoms with E-state index >= 15 is 0 Å². The highest BCUT2D eigenvalue weighted by Crippen LogP contribution is 2.24. The molecule has 26 heavy (non-hydrogen) atoms. The Labute approximate surface area is 155 Å². The van der Waals surface area contributed by atoms with Crippen LogP contribution in [0.1, 0.15) is 10.4 Å². The zero-order valence-corrected chi connectivity index (χ0v) is 15.2. The topological polar surface area (TPSA) is 67.8 Å². The van der Waals surface area contributed by atoms with E-state index in [-0.39, 0.29) is 16.6 Å². The molecule has 1 fully saturated rings. The van der Waals surface area contributed by atoms with E-state index in [0.29, 0.717) is 37.9 Å². The van der Waals surface area contributed by atoms with E-state index < -0.39 is 11.7 Å². The van der Waals surface area contributed by atoms with Gasteiger partial charge in [-0.25, -0.2) is 4.39 Å². The van der Waals surface area contributed by atoms with Crippen molar-refractivity contribution in [3.8, 4) is 11.9 Å². The molecule has 0 spiro atoms. The van der Waals surface area contributed by atoms with Crippen LogP contribution >= 0.6 is 11.6 Å². The van der Waals surface area contributed by atoms with Crippen molar-refractivity contribution in [2.45, 2.75) is 0 Å². The summed E-state index contributed by atoms with van der Waals surface area (Å²) in [7, 11) is 2.99. The van der Waals surface area contributed by atoms with Crippen molar-refractivity contribution in [3.63, 3.8) is 0 Å². The summed E-state index contributed by atoms with van der Waals surface area (Å²) in [5, 5.41) is 0.114. The number of carbonyl (C=O) groups excluding carboxylic acids is 1. The molecule has 0 saturated carbocycles. The SMILES string of the molecule is COc1cc(N2CCN(C(=O)c3c(F)cccc3Cl)CC2)nc(OC)n1. The highest BCUT2D eigenvalue weighted by Gasteiger charge is 2.26. The molecule has 0 atom stereocenters. The van der Waals surface area contributed by atoms with Gasteiger partial charge in [-0.1, -0.05) is 17.7 Å². The number of hydrogen-bond acceptors (Lipinski definition) is 6. The van der Waals surface area contributed by atoms with Crippen molar-refractivity contribution in [1.29, 1.82) is 0 Å². The van der Waals surface area contributed by atoms with Gasteiger partial charge in [0.1, 0.15) is 11.6 Å². The average molecular weight is 381 g/mol. The molecule has 1 aliphatic rings. The van der Waals surface area contributed by atoms with Crippen LogP contribution in [0, 0.1) is 5.82 Å². The third-order valence-electron chi connectivity index (χ3n) is 4.13. The predicted octanol–water partition coefficient (Wildman–Crippen LogP) is 2.25. The van der Waals surface area contributed by atoms with Crippen LogP contribution in [0.25, 0.3) is 0 Å². The largest absolute Gasteiger partial charge is 0.481 e. The Morgan fingerprint density at radius 3 is 2.50 bits per heavy atom. The van der Waals surface area contributed by atoms with E-state index in [1.54, 1.807) is 11.0 Å². The van der Waals surface area contributed by atoms with Crippen LogP contribution in [-0.2, 0) is 0 Å². The van der Waals surface area contributed by atoms with Crippen molar-refractivity contribution in [2.75, 3.05) is 45.3 Å². The van der Waals surface area contributed by atoms with Gasteiger partial charge in [-0.3, -0.25) is 4.79 Å². The molecule has 1 aliphatic heterocycles. The Morgan fingerprint density at radius 2 is 1.88 bits per heavy atom. The van der Waals surface area contributed by atoms with Gasteiger partial charge in [-0.2, -0.15) is 9.97 Å². The average Bonchev–Trinajstić information content (AvgIpc) is 2.67. The van der Waals surface area contributed by atoms with E-state index in [4.69, 9.17) is 21.1 Å². The maximum atomic E-state index is 14.0. The van der Waals surface area contributed by atoms with Gasteiger partial charge in [0.25, 0.3) is 5.91 Å². The number of amides is 1. The molecular weight excluding hydrogens is 363 g/mol. The van der Waals surface area contributed by atoms with Crippen LogP contribution in [0.5, 0.6) is 11.9 Å². The first-order valence-corrected chi connectivity index (χ1v) is 8.36. The van der Waals surface area contributed by atoms with Crippen molar-refractivity contribution in [2.24, 2.45) is 0 Å². The van der Waals surface area contributed by atoms with Gasteiger partial charge in [0.2, 0.25) is 5.88 Å². The minimum absolute atomic E-state index is 0.0898. The number of ether oxygens (including phenoxy) is 2. The minimum atomic E-state index is -0.616. The molecule has 1 amide bonds. The number of halogens is 2. The van der Waals surface area contributed by atoms with E-state index in [2.05, 4.69) is 9.97 Å². The third kappa shape index (κ3) is 3.65. The molecule has 138 valence electrons. The van der Waals surface area contributed by atoms with Gasteiger partial charge in [0.15, 0.2) is 0 Å². The number of aromatic nitrogens is 2. The quantitative estimate of drug-likeness (QED) is 0.810. The van der Waals surface area contributed by atoms with Crippen LogP contribution in [0.3, 0.4) is 0 Å². The lowest BCUT2D eigenvalue weighted by Gasteiger charge is -2.35. The van der Waals surface area contributed by atoms with E-state index in [1.165, 1.54) is 32.4 Å². The fourth-order valence-corrected chi connectivity index (χ4v) is 2.99. The minimum Gasteiger partial charge on any atom is -0.481 e. The molecule has 0 aliphatic carbocycles. The monoisotopic (exact) mass is 380 g/mol. The summed E-state index contributed by atoms with van der Waals surface area (Å²) in [6.07, 6.45) is 0. The van der Waals surface area contributed by atoms with Crippen molar-refractivity contribution >= 4 is 23.3 Å². The van der Waals surface area contributed by atoms with E-state index in [1.807, 2.05) is 4.90 Å². The molecule has 7 nitrogen and oxygen atoms in total. The summed E-state index contributed by atoms with van der Waals surface area (Å²) in [6, 6.07) is 6.12. The first-order valence-electron chi connectivity index (χ1n) is 7.98. The van der Waals surface area contributed by atoms with Gasteiger partial charge < -0.3 is 19.3 Å². The third-order valence-corrected chi connectivity index (χ3v) is 4.44. The van der Waals surface area contributed by atoms with Gasteiger partial charge in [-0.15, -0.1) is 0 Å². The van der Waals surface area contributed by atoms with Crippen LogP contribution < -0.4 is 14.4 Å². The lowest BCUT2D eigenvalue weighted by Crippen LogP contribution is -2.49. The highest BCUT2D eigenvalue weighted by atomic mass is 35.5. The maximum Gasteiger partial charge on any atom is 0.321 e. The molecule has 2 heterocycles. The molecule has 0 unspecified atom stereocenters. The maximum absolute atomic E-state index is 14.0. The van der Waals surface area contributed by atoms with Crippen molar-refractivity contribution in [3.05, 3.63) is 40.7 Å². The predicted molar refractivity (Wildman–Crippen MR) is 94.7 cm³/mol. The Morgan fingerprint density at radius 1 is 1.15 bits per heavy atom. The van der Waals surface area contributed by atoms with Gasteiger partial charge in [0, 0.05) is 32.2 Å². The van der Waals surface area contributed by atoms with Crippen LogP contribution in [0.4, 0.5) is 10.2 Å². The number of rotatable bonds is 4. The zero-order chi connectivity index (χ0) is 18.7. The fourth-order valence-electron chi connectivity index (χ4n) is 2.75. The Kier molecular flexibility index (Phi) is 5.41. The second-order valence-electron chi connectivity index (χ2n) is 5.63. The molecule has 2 aromatic rings. The molecule has 3 rings (SSSR count). The number of hydrogen-bond donors (Lipinski definition) is 0. The summed E-state index contributed by atoms with van der Waals surface area (Å²) >= 11 is 5.99. The van der Waals surface area contributed by atoms with Gasteiger partial charge in [-0.05, 0) is 12.1 Å². The smallest absolute Gasteiger partial charge is 0.321 e. The second kappa shape index (κ2) is 7.74. The second-order valence-corrected chi connectivity index (χ2v) is 6.04. The molecule has 0 N–H and O–H groups in total. The van der Waals surface area contributed by atoms with E-state index in [0.717, 1.165) is 0 Å². The summed E-state index contributed by atoms with van der Waals surface area (Å²) in [5.74, 6) is 0.00835. The van der Waals surface area contributed by atoms with Gasteiger partial charge >= 0.3 is 6.01 Å². The molecule has 1 saturated heterocycles. The standard InChI is InChI=1S/C17H18ClFN4O3/c1-25-14-10-13(20-17(21-14)26-2)22-6-8-23(9-7-22)16(24)15-11(18)4-3-5-12(15)19/h3-5,10H,6-9H2,1-2H3. The summed E-state index contributed by atoms with van der Waals surface area (Å²) in [5.41, 5.74) is -0.0898. The molecule has 0 bridgehead atoms.